The molecule has 0 amide bonds. The van der Waals surface area contributed by atoms with Crippen LogP contribution in [0.3, 0.4) is 0 Å². The van der Waals surface area contributed by atoms with Crippen molar-refractivity contribution in [1.29, 1.82) is 0 Å². The first-order valence-corrected chi connectivity index (χ1v) is 5.30. The third-order valence-electron chi connectivity index (χ3n) is 2.68. The van der Waals surface area contributed by atoms with Crippen LogP contribution in [-0.2, 0) is 7.05 Å². The maximum atomic E-state index is 13.2. The van der Waals surface area contributed by atoms with Gasteiger partial charge < -0.3 is 0 Å². The molecule has 0 aliphatic carbocycles. The number of halogens is 1. The number of aryl methyl sites for hydroxylation is 3. The quantitative estimate of drug-likeness (QED) is 0.745. The minimum Gasteiger partial charge on any atom is -0.287 e. The highest BCUT2D eigenvalue weighted by molar-refractivity contribution is 6.08. The molecule has 17 heavy (non-hydrogen) atoms. The molecule has 2 aromatic rings. The molecule has 3 nitrogen and oxygen atoms in total. The Labute approximate surface area is 98.9 Å². The SMILES string of the molecule is Cc1cc(C(=O)c2cc(F)ccc2C)n(C)n1. The van der Waals surface area contributed by atoms with Crippen molar-refractivity contribution in [1.82, 2.24) is 9.78 Å². The Hall–Kier alpha value is -1.97. The van der Waals surface area contributed by atoms with Gasteiger partial charge in [-0.05, 0) is 37.6 Å². The van der Waals surface area contributed by atoms with Crippen LogP contribution in [0.1, 0.15) is 27.3 Å². The van der Waals surface area contributed by atoms with Gasteiger partial charge in [-0.1, -0.05) is 6.07 Å². The van der Waals surface area contributed by atoms with E-state index in [-0.39, 0.29) is 5.78 Å². The molecule has 0 unspecified atom stereocenters. The highest BCUT2D eigenvalue weighted by Gasteiger charge is 2.16. The second-order valence-corrected chi connectivity index (χ2v) is 4.08. The molecule has 4 heteroatoms. The van der Waals surface area contributed by atoms with Crippen molar-refractivity contribution >= 4 is 5.78 Å². The van der Waals surface area contributed by atoms with Gasteiger partial charge in [0.05, 0.1) is 5.69 Å². The number of aromatic nitrogens is 2. The number of ketones is 1. The molecular formula is C13H13FN2O. The molecule has 0 spiro atoms. The van der Waals surface area contributed by atoms with E-state index in [0.717, 1.165) is 11.3 Å². The van der Waals surface area contributed by atoms with Crippen LogP contribution < -0.4 is 0 Å². The molecule has 1 heterocycles. The molecule has 1 aromatic heterocycles. The number of hydrogen-bond donors (Lipinski definition) is 0. The molecule has 0 aliphatic heterocycles. The minimum atomic E-state index is -0.405. The van der Waals surface area contributed by atoms with Gasteiger partial charge >= 0.3 is 0 Å². The molecule has 0 saturated heterocycles. The van der Waals surface area contributed by atoms with E-state index >= 15 is 0 Å². The standard InChI is InChI=1S/C13H13FN2O/c1-8-4-5-10(14)7-11(8)13(17)12-6-9(2)15-16(12)3/h4-7H,1-3H3. The maximum absolute atomic E-state index is 13.2. The maximum Gasteiger partial charge on any atom is 0.211 e. The number of carbonyl (C=O) groups is 1. The van der Waals surface area contributed by atoms with E-state index in [1.54, 1.807) is 26.1 Å². The van der Waals surface area contributed by atoms with Crippen LogP contribution in [0.25, 0.3) is 0 Å². The third kappa shape index (κ3) is 2.11. The van der Waals surface area contributed by atoms with Crippen molar-refractivity contribution < 1.29 is 9.18 Å². The Morgan fingerprint density at radius 2 is 2.00 bits per heavy atom. The highest BCUT2D eigenvalue weighted by Crippen LogP contribution is 2.16. The molecule has 0 atom stereocenters. The highest BCUT2D eigenvalue weighted by atomic mass is 19.1. The molecule has 0 aliphatic rings. The van der Waals surface area contributed by atoms with Gasteiger partial charge in [0.1, 0.15) is 11.5 Å². The lowest BCUT2D eigenvalue weighted by Crippen LogP contribution is -2.10. The summed E-state index contributed by atoms with van der Waals surface area (Å²) in [6, 6.07) is 5.92. The lowest BCUT2D eigenvalue weighted by molar-refractivity contribution is 0.102. The Balaban J connectivity index is 2.50. The molecule has 2 rings (SSSR count). The Bertz CT molecular complexity index is 587. The average molecular weight is 232 g/mol. The Kier molecular flexibility index (Phi) is 2.79. The largest absolute Gasteiger partial charge is 0.287 e. The van der Waals surface area contributed by atoms with Crippen molar-refractivity contribution in [3.63, 3.8) is 0 Å². The molecule has 0 radical (unpaired) electrons. The van der Waals surface area contributed by atoms with Crippen LogP contribution >= 0.6 is 0 Å². The average Bonchev–Trinajstić information content (AvgIpc) is 2.60. The van der Waals surface area contributed by atoms with Gasteiger partial charge in [-0.15, -0.1) is 0 Å². The van der Waals surface area contributed by atoms with E-state index < -0.39 is 5.82 Å². The van der Waals surface area contributed by atoms with E-state index in [2.05, 4.69) is 5.10 Å². The Morgan fingerprint density at radius 3 is 2.59 bits per heavy atom. The molecule has 1 aromatic carbocycles. The van der Waals surface area contributed by atoms with Crippen molar-refractivity contribution in [2.24, 2.45) is 7.05 Å². The lowest BCUT2D eigenvalue weighted by atomic mass is 10.0. The van der Waals surface area contributed by atoms with Crippen molar-refractivity contribution in [2.75, 3.05) is 0 Å². The first kappa shape index (κ1) is 11.5. The zero-order chi connectivity index (χ0) is 12.6. The lowest BCUT2D eigenvalue weighted by Gasteiger charge is -2.05. The summed E-state index contributed by atoms with van der Waals surface area (Å²) in [5.74, 6) is -0.608. The summed E-state index contributed by atoms with van der Waals surface area (Å²) in [6.45, 7) is 3.60. The summed E-state index contributed by atoms with van der Waals surface area (Å²) >= 11 is 0. The smallest absolute Gasteiger partial charge is 0.211 e. The summed E-state index contributed by atoms with van der Waals surface area (Å²) in [7, 11) is 1.70. The first-order chi connectivity index (χ1) is 7.99. The van der Waals surface area contributed by atoms with Crippen molar-refractivity contribution in [2.45, 2.75) is 13.8 Å². The number of nitrogens with zero attached hydrogens (tertiary/aromatic N) is 2. The van der Waals surface area contributed by atoms with Crippen LogP contribution in [0.2, 0.25) is 0 Å². The van der Waals surface area contributed by atoms with Gasteiger partial charge in [-0.3, -0.25) is 9.48 Å². The molecule has 0 N–H and O–H groups in total. The van der Waals surface area contributed by atoms with Crippen LogP contribution in [0.4, 0.5) is 4.39 Å². The van der Waals surface area contributed by atoms with Crippen LogP contribution in [0, 0.1) is 19.7 Å². The van der Waals surface area contributed by atoms with Gasteiger partial charge in [0.15, 0.2) is 0 Å². The third-order valence-corrected chi connectivity index (χ3v) is 2.68. The predicted molar refractivity (Wildman–Crippen MR) is 62.5 cm³/mol. The Morgan fingerprint density at radius 1 is 1.29 bits per heavy atom. The zero-order valence-electron chi connectivity index (χ0n) is 9.99. The second kappa shape index (κ2) is 4.13. The second-order valence-electron chi connectivity index (χ2n) is 4.08. The summed E-state index contributed by atoms with van der Waals surface area (Å²) in [5.41, 5.74) is 2.38. The predicted octanol–water partition coefficient (Wildman–Crippen LogP) is 2.41. The molecule has 88 valence electrons. The van der Waals surface area contributed by atoms with E-state index in [4.69, 9.17) is 0 Å². The molecule has 0 saturated carbocycles. The van der Waals surface area contributed by atoms with Crippen LogP contribution in [-0.4, -0.2) is 15.6 Å². The van der Waals surface area contributed by atoms with Gasteiger partial charge in [0.2, 0.25) is 5.78 Å². The van der Waals surface area contributed by atoms with Crippen LogP contribution in [0.15, 0.2) is 24.3 Å². The van der Waals surface area contributed by atoms with E-state index in [1.807, 2.05) is 6.92 Å². The number of carbonyl (C=O) groups excluding carboxylic acids is 1. The zero-order valence-corrected chi connectivity index (χ0v) is 9.99. The van der Waals surface area contributed by atoms with Gasteiger partial charge in [0, 0.05) is 12.6 Å². The minimum absolute atomic E-state index is 0.204. The van der Waals surface area contributed by atoms with Gasteiger partial charge in [-0.2, -0.15) is 5.10 Å². The van der Waals surface area contributed by atoms with Crippen molar-refractivity contribution in [3.8, 4) is 0 Å². The monoisotopic (exact) mass is 232 g/mol. The summed E-state index contributed by atoms with van der Waals surface area (Å²) in [4.78, 5) is 12.2. The van der Waals surface area contributed by atoms with Crippen molar-refractivity contribution in [3.05, 3.63) is 52.6 Å². The van der Waals surface area contributed by atoms with Crippen LogP contribution in [0.5, 0.6) is 0 Å². The number of benzene rings is 1. The fourth-order valence-electron chi connectivity index (χ4n) is 1.80. The summed E-state index contributed by atoms with van der Waals surface area (Å²) < 4.78 is 14.7. The van der Waals surface area contributed by atoms with E-state index in [1.165, 1.54) is 16.8 Å². The molecule has 0 bridgehead atoms. The first-order valence-electron chi connectivity index (χ1n) is 5.30. The normalized spacial score (nSPS) is 10.6. The summed E-state index contributed by atoms with van der Waals surface area (Å²) in [6.07, 6.45) is 0. The van der Waals surface area contributed by atoms with Gasteiger partial charge in [0.25, 0.3) is 0 Å². The fourth-order valence-corrected chi connectivity index (χ4v) is 1.80. The van der Waals surface area contributed by atoms with Gasteiger partial charge in [-0.25, -0.2) is 4.39 Å². The molecular weight excluding hydrogens is 219 g/mol. The number of rotatable bonds is 2. The molecule has 0 fully saturated rings. The van der Waals surface area contributed by atoms with E-state index in [9.17, 15) is 9.18 Å². The van der Waals surface area contributed by atoms with E-state index in [0.29, 0.717) is 11.3 Å². The fraction of sp³-hybridized carbons (Fsp3) is 0.231. The topological polar surface area (TPSA) is 34.9 Å². The summed E-state index contributed by atoms with van der Waals surface area (Å²) in [5, 5.41) is 4.11. The number of hydrogen-bond acceptors (Lipinski definition) is 2.